The summed E-state index contributed by atoms with van der Waals surface area (Å²) in [5.41, 5.74) is 6.07. The van der Waals surface area contributed by atoms with Gasteiger partial charge in [-0.2, -0.15) is 4.31 Å². The van der Waals surface area contributed by atoms with Gasteiger partial charge in [0.15, 0.2) is 0 Å². The average Bonchev–Trinajstić information content (AvgIpc) is 2.91. The van der Waals surface area contributed by atoms with Gasteiger partial charge in [-0.1, -0.05) is 15.9 Å². The Labute approximate surface area is 128 Å². The van der Waals surface area contributed by atoms with Gasteiger partial charge in [0.05, 0.1) is 5.69 Å². The van der Waals surface area contributed by atoms with E-state index in [9.17, 15) is 8.42 Å². The predicted molar refractivity (Wildman–Crippen MR) is 84.0 cm³/mol. The Balaban J connectivity index is 2.10. The number of nitrogens with two attached hydrogens (primary N) is 1. The monoisotopic (exact) mass is 361 g/mol. The van der Waals surface area contributed by atoms with Crippen LogP contribution in [0.5, 0.6) is 0 Å². The second-order valence-electron chi connectivity index (χ2n) is 5.06. The molecule has 7 heteroatoms. The lowest BCUT2D eigenvalue weighted by Gasteiger charge is -2.22. The van der Waals surface area contributed by atoms with E-state index in [-0.39, 0.29) is 10.6 Å². The number of sulfonamides is 1. The summed E-state index contributed by atoms with van der Waals surface area (Å²) in [5.74, 6) is 0. The van der Waals surface area contributed by atoms with E-state index < -0.39 is 10.0 Å². The molecule has 1 heterocycles. The van der Waals surface area contributed by atoms with Crippen molar-refractivity contribution in [2.45, 2.75) is 17.7 Å². The van der Waals surface area contributed by atoms with Gasteiger partial charge in [-0.15, -0.1) is 0 Å². The molecule has 0 spiro atoms. The Bertz CT molecular complexity index is 571. The van der Waals surface area contributed by atoms with Crippen molar-refractivity contribution in [2.24, 2.45) is 0 Å². The smallest absolute Gasteiger partial charge is 0.244 e. The summed E-state index contributed by atoms with van der Waals surface area (Å²) in [6, 6.07) is 4.89. The van der Waals surface area contributed by atoms with Gasteiger partial charge in [0.25, 0.3) is 0 Å². The highest BCUT2D eigenvalue weighted by molar-refractivity contribution is 9.10. The van der Waals surface area contributed by atoms with Crippen molar-refractivity contribution in [3.8, 4) is 0 Å². The number of nitrogens with zero attached hydrogens (tertiary/aromatic N) is 2. The first kappa shape index (κ1) is 15.8. The molecule has 1 aromatic rings. The van der Waals surface area contributed by atoms with E-state index in [1.807, 2.05) is 0 Å². The summed E-state index contributed by atoms with van der Waals surface area (Å²) in [5, 5.41) is 0. The number of hydrogen-bond acceptors (Lipinski definition) is 4. The lowest BCUT2D eigenvalue weighted by molar-refractivity contribution is 0.310. The van der Waals surface area contributed by atoms with Gasteiger partial charge < -0.3 is 10.6 Å². The molecule has 0 aliphatic carbocycles. The summed E-state index contributed by atoms with van der Waals surface area (Å²) >= 11 is 3.28. The zero-order valence-corrected chi connectivity index (χ0v) is 14.0. The average molecular weight is 362 g/mol. The molecule has 0 atom stereocenters. The SMILES string of the molecule is CN(CCN1CCCC1)S(=O)(=O)c1cc(Br)ccc1N. The molecule has 1 fully saturated rings. The van der Waals surface area contributed by atoms with Crippen molar-refractivity contribution >= 4 is 31.6 Å². The minimum absolute atomic E-state index is 0.163. The van der Waals surface area contributed by atoms with Crippen LogP contribution >= 0.6 is 15.9 Å². The Hall–Kier alpha value is -0.630. The second-order valence-corrected chi connectivity index (χ2v) is 7.99. The minimum Gasteiger partial charge on any atom is -0.398 e. The third-order valence-corrected chi connectivity index (χ3v) is 6.00. The molecular formula is C13H20BrN3O2S. The highest BCUT2D eigenvalue weighted by atomic mass is 79.9. The fourth-order valence-corrected chi connectivity index (χ4v) is 4.12. The van der Waals surface area contributed by atoms with Gasteiger partial charge in [0, 0.05) is 24.6 Å². The molecule has 0 unspecified atom stereocenters. The minimum atomic E-state index is -3.53. The van der Waals surface area contributed by atoms with Gasteiger partial charge in [-0.25, -0.2) is 8.42 Å². The third-order valence-electron chi connectivity index (χ3n) is 3.59. The maximum Gasteiger partial charge on any atom is 0.244 e. The van der Waals surface area contributed by atoms with E-state index in [0.29, 0.717) is 11.0 Å². The van der Waals surface area contributed by atoms with E-state index in [2.05, 4.69) is 20.8 Å². The van der Waals surface area contributed by atoms with Crippen molar-refractivity contribution in [3.05, 3.63) is 22.7 Å². The molecule has 0 aromatic heterocycles. The van der Waals surface area contributed by atoms with Crippen LogP contribution in [0.1, 0.15) is 12.8 Å². The Morgan fingerprint density at radius 2 is 2.00 bits per heavy atom. The van der Waals surface area contributed by atoms with Crippen molar-refractivity contribution in [2.75, 3.05) is 39.0 Å². The van der Waals surface area contributed by atoms with Crippen LogP contribution in [0.3, 0.4) is 0 Å². The maximum absolute atomic E-state index is 12.5. The highest BCUT2D eigenvalue weighted by Gasteiger charge is 2.24. The maximum atomic E-state index is 12.5. The molecule has 1 saturated heterocycles. The summed E-state index contributed by atoms with van der Waals surface area (Å²) in [6.07, 6.45) is 2.41. The van der Waals surface area contributed by atoms with Crippen LogP contribution in [0.4, 0.5) is 5.69 Å². The molecule has 1 aliphatic rings. The predicted octanol–water partition coefficient (Wildman–Crippen LogP) is 1.75. The number of anilines is 1. The van der Waals surface area contributed by atoms with Crippen LogP contribution in [-0.2, 0) is 10.0 Å². The quantitative estimate of drug-likeness (QED) is 0.811. The summed E-state index contributed by atoms with van der Waals surface area (Å²) < 4.78 is 27.1. The topological polar surface area (TPSA) is 66.6 Å². The molecule has 2 N–H and O–H groups in total. The molecule has 0 radical (unpaired) electrons. The molecule has 1 aliphatic heterocycles. The van der Waals surface area contributed by atoms with Gasteiger partial charge in [-0.05, 0) is 44.1 Å². The summed E-state index contributed by atoms with van der Waals surface area (Å²) in [6.45, 7) is 3.37. The fraction of sp³-hybridized carbons (Fsp3) is 0.538. The van der Waals surface area contributed by atoms with Crippen molar-refractivity contribution < 1.29 is 8.42 Å². The van der Waals surface area contributed by atoms with E-state index in [4.69, 9.17) is 5.73 Å². The molecular weight excluding hydrogens is 342 g/mol. The number of likely N-dealkylation sites (tertiary alicyclic amines) is 1. The zero-order valence-electron chi connectivity index (χ0n) is 11.5. The molecule has 0 saturated carbocycles. The number of halogens is 1. The number of nitrogen functional groups attached to an aromatic ring is 1. The van der Waals surface area contributed by atoms with Crippen LogP contribution in [0.25, 0.3) is 0 Å². The van der Waals surface area contributed by atoms with Crippen LogP contribution in [0, 0.1) is 0 Å². The van der Waals surface area contributed by atoms with Gasteiger partial charge in [0.2, 0.25) is 10.0 Å². The van der Waals surface area contributed by atoms with Gasteiger partial charge in [-0.3, -0.25) is 0 Å². The number of benzene rings is 1. The van der Waals surface area contributed by atoms with Crippen LogP contribution in [-0.4, -0.2) is 50.8 Å². The first-order valence-corrected chi connectivity index (χ1v) is 8.88. The Morgan fingerprint density at radius 3 is 2.65 bits per heavy atom. The van der Waals surface area contributed by atoms with Gasteiger partial charge >= 0.3 is 0 Å². The number of rotatable bonds is 5. The molecule has 20 heavy (non-hydrogen) atoms. The second kappa shape index (κ2) is 6.43. The number of hydrogen-bond donors (Lipinski definition) is 1. The highest BCUT2D eigenvalue weighted by Crippen LogP contribution is 2.25. The lowest BCUT2D eigenvalue weighted by atomic mass is 10.3. The van der Waals surface area contributed by atoms with E-state index in [1.54, 1.807) is 25.2 Å². The van der Waals surface area contributed by atoms with Crippen molar-refractivity contribution in [1.82, 2.24) is 9.21 Å². The molecule has 5 nitrogen and oxygen atoms in total. The molecule has 0 bridgehead atoms. The van der Waals surface area contributed by atoms with Gasteiger partial charge in [0.1, 0.15) is 4.90 Å². The largest absolute Gasteiger partial charge is 0.398 e. The molecule has 0 amide bonds. The van der Waals surface area contributed by atoms with E-state index >= 15 is 0 Å². The fourth-order valence-electron chi connectivity index (χ4n) is 2.31. The first-order chi connectivity index (χ1) is 9.41. The lowest BCUT2D eigenvalue weighted by Crippen LogP contribution is -2.35. The van der Waals surface area contributed by atoms with Crippen LogP contribution in [0.2, 0.25) is 0 Å². The Morgan fingerprint density at radius 1 is 1.35 bits per heavy atom. The number of likely N-dealkylation sites (N-methyl/N-ethyl adjacent to an activating group) is 1. The molecule has 112 valence electrons. The molecule has 2 rings (SSSR count). The van der Waals surface area contributed by atoms with E-state index in [0.717, 1.165) is 19.6 Å². The standard InChI is InChI=1S/C13H20BrN3O2S/c1-16(8-9-17-6-2-3-7-17)20(18,19)13-10-11(14)4-5-12(13)15/h4-5,10H,2-3,6-9,15H2,1H3. The zero-order chi connectivity index (χ0) is 14.8. The summed E-state index contributed by atoms with van der Waals surface area (Å²) in [4.78, 5) is 2.45. The van der Waals surface area contributed by atoms with Crippen LogP contribution < -0.4 is 5.73 Å². The Kier molecular flexibility index (Phi) is 5.06. The van der Waals surface area contributed by atoms with E-state index in [1.165, 1.54) is 17.1 Å². The van der Waals surface area contributed by atoms with Crippen LogP contribution in [0.15, 0.2) is 27.6 Å². The van der Waals surface area contributed by atoms with Crippen molar-refractivity contribution in [3.63, 3.8) is 0 Å². The molecule has 1 aromatic carbocycles. The third kappa shape index (κ3) is 3.52. The first-order valence-electron chi connectivity index (χ1n) is 6.65. The van der Waals surface area contributed by atoms with Crippen molar-refractivity contribution in [1.29, 1.82) is 0 Å². The summed E-state index contributed by atoms with van der Waals surface area (Å²) in [7, 11) is -1.93. The normalized spacial score (nSPS) is 16.9.